The molecular formula is C19H25N7O. The molecule has 2 aliphatic heterocycles. The van der Waals surface area contributed by atoms with Crippen molar-refractivity contribution in [3.05, 3.63) is 35.5 Å². The fraction of sp³-hybridized carbons (Fsp3) is 0.579. The Bertz CT molecular complexity index is 919. The van der Waals surface area contributed by atoms with Crippen LogP contribution in [-0.4, -0.2) is 56.0 Å². The predicted molar refractivity (Wildman–Crippen MR) is 101 cm³/mol. The maximum absolute atomic E-state index is 5.35. The molecule has 0 radical (unpaired) electrons. The van der Waals surface area contributed by atoms with E-state index in [4.69, 9.17) is 9.62 Å². The van der Waals surface area contributed by atoms with Crippen LogP contribution in [0.2, 0.25) is 0 Å². The van der Waals surface area contributed by atoms with E-state index in [9.17, 15) is 0 Å². The van der Waals surface area contributed by atoms with Crippen molar-refractivity contribution < 1.29 is 4.52 Å². The lowest BCUT2D eigenvalue weighted by molar-refractivity contribution is 0.181. The van der Waals surface area contributed by atoms with E-state index in [1.165, 1.54) is 12.8 Å². The molecule has 0 aliphatic carbocycles. The van der Waals surface area contributed by atoms with Crippen molar-refractivity contribution in [1.82, 2.24) is 29.9 Å². The highest BCUT2D eigenvalue weighted by atomic mass is 16.5. The Labute approximate surface area is 158 Å². The van der Waals surface area contributed by atoms with Gasteiger partial charge in [-0.1, -0.05) is 5.16 Å². The molecule has 3 aromatic rings. The summed E-state index contributed by atoms with van der Waals surface area (Å²) in [7, 11) is 0. The topological polar surface area (TPSA) is 75.6 Å². The molecule has 2 aliphatic rings. The molecule has 5 rings (SSSR count). The van der Waals surface area contributed by atoms with Crippen LogP contribution in [0.4, 0.5) is 5.82 Å². The third-order valence-corrected chi connectivity index (χ3v) is 5.71. The number of likely N-dealkylation sites (tertiary alicyclic amines) is 1. The van der Waals surface area contributed by atoms with Gasteiger partial charge < -0.3 is 9.42 Å². The standard InChI is InChI=1S/C19H25N7O/c1-14-12-16(27-23-14)13-24-10-6-15(7-11-24)19-21-20-17-4-5-18(22-26(17)19)25-8-2-3-9-25/h4-5,12,15H,2-3,6-11,13H2,1H3. The maximum Gasteiger partial charge on any atom is 0.178 e. The number of piperidine rings is 1. The molecule has 0 bridgehead atoms. The Balaban J connectivity index is 1.30. The van der Waals surface area contributed by atoms with Crippen LogP contribution in [0.15, 0.2) is 22.7 Å². The Hall–Kier alpha value is -2.48. The van der Waals surface area contributed by atoms with Crippen LogP contribution in [0.5, 0.6) is 0 Å². The normalized spacial score (nSPS) is 19.4. The van der Waals surface area contributed by atoms with Crippen LogP contribution in [-0.2, 0) is 6.54 Å². The van der Waals surface area contributed by atoms with E-state index in [1.807, 2.05) is 23.6 Å². The highest BCUT2D eigenvalue weighted by molar-refractivity contribution is 5.46. The van der Waals surface area contributed by atoms with Gasteiger partial charge in [-0.05, 0) is 57.8 Å². The third-order valence-electron chi connectivity index (χ3n) is 5.71. The lowest BCUT2D eigenvalue weighted by Crippen LogP contribution is -2.33. The van der Waals surface area contributed by atoms with Crippen LogP contribution in [0.25, 0.3) is 5.65 Å². The van der Waals surface area contributed by atoms with Gasteiger partial charge in [-0.3, -0.25) is 4.90 Å². The number of hydrogen-bond donors (Lipinski definition) is 0. The van der Waals surface area contributed by atoms with Crippen molar-refractivity contribution >= 4 is 11.5 Å². The van der Waals surface area contributed by atoms with E-state index in [-0.39, 0.29) is 0 Å². The Morgan fingerprint density at radius 2 is 1.89 bits per heavy atom. The number of aryl methyl sites for hydroxylation is 1. The molecule has 2 saturated heterocycles. The molecule has 0 unspecified atom stereocenters. The average molecular weight is 367 g/mol. The number of aromatic nitrogens is 5. The van der Waals surface area contributed by atoms with Crippen LogP contribution >= 0.6 is 0 Å². The summed E-state index contributed by atoms with van der Waals surface area (Å²) in [6.07, 6.45) is 4.61. The van der Waals surface area contributed by atoms with E-state index in [0.717, 1.165) is 74.3 Å². The second-order valence-electron chi connectivity index (χ2n) is 7.70. The van der Waals surface area contributed by atoms with E-state index in [2.05, 4.69) is 31.2 Å². The smallest absolute Gasteiger partial charge is 0.178 e. The summed E-state index contributed by atoms with van der Waals surface area (Å²) >= 11 is 0. The summed E-state index contributed by atoms with van der Waals surface area (Å²) < 4.78 is 7.32. The Kier molecular flexibility index (Phi) is 4.27. The highest BCUT2D eigenvalue weighted by Crippen LogP contribution is 2.28. The van der Waals surface area contributed by atoms with Gasteiger partial charge in [0.2, 0.25) is 0 Å². The molecule has 2 fully saturated rings. The molecule has 8 nitrogen and oxygen atoms in total. The molecule has 5 heterocycles. The monoisotopic (exact) mass is 367 g/mol. The van der Waals surface area contributed by atoms with Crippen molar-refractivity contribution in [3.63, 3.8) is 0 Å². The highest BCUT2D eigenvalue weighted by Gasteiger charge is 2.26. The number of anilines is 1. The third kappa shape index (κ3) is 3.29. The first-order valence-electron chi connectivity index (χ1n) is 9.88. The van der Waals surface area contributed by atoms with E-state index in [0.29, 0.717) is 5.92 Å². The second kappa shape index (κ2) is 6.92. The lowest BCUT2D eigenvalue weighted by Gasteiger charge is -2.30. The van der Waals surface area contributed by atoms with Gasteiger partial charge in [0.25, 0.3) is 0 Å². The van der Waals surface area contributed by atoms with Crippen molar-refractivity contribution in [2.45, 2.75) is 45.1 Å². The number of rotatable bonds is 4. The van der Waals surface area contributed by atoms with Crippen LogP contribution in [0, 0.1) is 6.92 Å². The summed E-state index contributed by atoms with van der Waals surface area (Å²) in [4.78, 5) is 4.77. The molecule has 0 amide bonds. The fourth-order valence-corrected chi connectivity index (χ4v) is 4.23. The Morgan fingerprint density at radius 1 is 1.07 bits per heavy atom. The van der Waals surface area contributed by atoms with Gasteiger partial charge in [0, 0.05) is 25.1 Å². The first-order valence-corrected chi connectivity index (χ1v) is 9.88. The number of nitrogens with zero attached hydrogens (tertiary/aromatic N) is 7. The van der Waals surface area contributed by atoms with Crippen LogP contribution in [0.3, 0.4) is 0 Å². The maximum atomic E-state index is 5.35. The van der Waals surface area contributed by atoms with Crippen molar-refractivity contribution in [3.8, 4) is 0 Å². The first kappa shape index (κ1) is 16.7. The van der Waals surface area contributed by atoms with Gasteiger partial charge >= 0.3 is 0 Å². The number of hydrogen-bond acceptors (Lipinski definition) is 7. The SMILES string of the molecule is Cc1cc(CN2CCC(c3nnc4ccc(N5CCCC5)nn34)CC2)on1. The number of fused-ring (bicyclic) bond motifs is 1. The molecule has 0 spiro atoms. The van der Waals surface area contributed by atoms with Crippen LogP contribution < -0.4 is 4.90 Å². The summed E-state index contributed by atoms with van der Waals surface area (Å²) in [6, 6.07) is 6.13. The molecule has 0 atom stereocenters. The summed E-state index contributed by atoms with van der Waals surface area (Å²) in [5, 5.41) is 17.7. The zero-order valence-electron chi connectivity index (χ0n) is 15.7. The van der Waals surface area contributed by atoms with Gasteiger partial charge in [-0.15, -0.1) is 15.3 Å². The van der Waals surface area contributed by atoms with Gasteiger partial charge in [-0.25, -0.2) is 0 Å². The molecule has 142 valence electrons. The minimum atomic E-state index is 0.397. The largest absolute Gasteiger partial charge is 0.360 e. The quantitative estimate of drug-likeness (QED) is 0.701. The molecule has 0 N–H and O–H groups in total. The van der Waals surface area contributed by atoms with E-state index >= 15 is 0 Å². The first-order chi connectivity index (χ1) is 13.3. The zero-order chi connectivity index (χ0) is 18.2. The predicted octanol–water partition coefficient (Wildman–Crippen LogP) is 2.40. The second-order valence-corrected chi connectivity index (χ2v) is 7.70. The Morgan fingerprint density at radius 3 is 2.63 bits per heavy atom. The van der Waals surface area contributed by atoms with Gasteiger partial charge in [0.15, 0.2) is 17.2 Å². The molecule has 3 aromatic heterocycles. The van der Waals surface area contributed by atoms with Gasteiger partial charge in [0.1, 0.15) is 5.82 Å². The molecule has 8 heteroatoms. The van der Waals surface area contributed by atoms with E-state index < -0.39 is 0 Å². The zero-order valence-corrected chi connectivity index (χ0v) is 15.7. The van der Waals surface area contributed by atoms with Crippen molar-refractivity contribution in [2.24, 2.45) is 0 Å². The summed E-state index contributed by atoms with van der Waals surface area (Å²) in [6.45, 7) is 7.01. The molecular weight excluding hydrogens is 342 g/mol. The fourth-order valence-electron chi connectivity index (χ4n) is 4.23. The van der Waals surface area contributed by atoms with Gasteiger partial charge in [-0.2, -0.15) is 4.52 Å². The van der Waals surface area contributed by atoms with Crippen molar-refractivity contribution in [1.29, 1.82) is 0 Å². The van der Waals surface area contributed by atoms with Crippen LogP contribution in [0.1, 0.15) is 48.9 Å². The minimum Gasteiger partial charge on any atom is -0.360 e. The van der Waals surface area contributed by atoms with E-state index in [1.54, 1.807) is 0 Å². The summed E-state index contributed by atoms with van der Waals surface area (Å²) in [5.41, 5.74) is 1.78. The van der Waals surface area contributed by atoms with Gasteiger partial charge in [0.05, 0.1) is 12.2 Å². The minimum absolute atomic E-state index is 0.397. The molecule has 0 aromatic carbocycles. The van der Waals surface area contributed by atoms with Crippen molar-refractivity contribution in [2.75, 3.05) is 31.1 Å². The summed E-state index contributed by atoms with van der Waals surface area (Å²) in [5.74, 6) is 3.38. The lowest BCUT2D eigenvalue weighted by atomic mass is 9.96. The average Bonchev–Trinajstić information content (AvgIpc) is 3.43. The molecule has 27 heavy (non-hydrogen) atoms. The molecule has 0 saturated carbocycles.